The maximum absolute atomic E-state index is 12.7. The van der Waals surface area contributed by atoms with Crippen LogP contribution in [0.3, 0.4) is 0 Å². The number of carboxylic acid groups (broad SMARTS) is 1. The average molecular weight is 452 g/mol. The summed E-state index contributed by atoms with van der Waals surface area (Å²) in [5, 5.41) is 12.3. The number of hydrogen-bond donors (Lipinski definition) is 2. The molecule has 0 atom stereocenters. The molecule has 3 rings (SSSR count). The number of halogens is 2. The van der Waals surface area contributed by atoms with Crippen molar-refractivity contribution in [2.75, 3.05) is 6.54 Å². The van der Waals surface area contributed by atoms with E-state index in [1.807, 2.05) is 24.3 Å². The molecule has 2 N–H and O–H groups in total. The summed E-state index contributed by atoms with van der Waals surface area (Å²) in [6.07, 6.45) is 1.23. The topological polar surface area (TPSA) is 66.4 Å². The first-order valence-electron chi connectivity index (χ1n) is 9.51. The van der Waals surface area contributed by atoms with E-state index in [4.69, 9.17) is 28.3 Å². The van der Waals surface area contributed by atoms with Crippen molar-refractivity contribution in [3.8, 4) is 0 Å². The summed E-state index contributed by atoms with van der Waals surface area (Å²) in [5.41, 5.74) is 1.24. The Morgan fingerprint density at radius 3 is 2.41 bits per heavy atom. The van der Waals surface area contributed by atoms with E-state index in [9.17, 15) is 9.59 Å². The van der Waals surface area contributed by atoms with Crippen LogP contribution in [0.1, 0.15) is 50.2 Å². The highest BCUT2D eigenvalue weighted by Gasteiger charge is 2.52. The Hall–Kier alpha value is -1.69. The minimum absolute atomic E-state index is 0.0984. The first-order valence-corrected chi connectivity index (χ1v) is 11.1. The molecule has 1 fully saturated rings. The monoisotopic (exact) mass is 451 g/mol. The van der Waals surface area contributed by atoms with E-state index in [2.05, 4.69) is 31.3 Å². The van der Waals surface area contributed by atoms with Gasteiger partial charge in [0.25, 0.3) is 0 Å². The van der Waals surface area contributed by atoms with Gasteiger partial charge in [-0.25, -0.2) is 0 Å². The molecule has 0 unspecified atom stereocenters. The minimum atomic E-state index is -0.945. The second-order valence-electron chi connectivity index (χ2n) is 7.52. The highest BCUT2D eigenvalue weighted by molar-refractivity contribution is 7.99. The van der Waals surface area contributed by atoms with Crippen molar-refractivity contribution in [3.63, 3.8) is 0 Å². The van der Waals surface area contributed by atoms with Crippen LogP contribution in [-0.2, 0) is 15.0 Å². The molecule has 0 spiro atoms. The molecule has 0 heterocycles. The van der Waals surface area contributed by atoms with Crippen LogP contribution < -0.4 is 5.32 Å². The fraction of sp³-hybridized carbons (Fsp3) is 0.364. The molecule has 1 aliphatic rings. The molecule has 7 heteroatoms. The normalized spacial score (nSPS) is 14.7. The molecule has 2 aromatic rings. The molecule has 1 aliphatic carbocycles. The number of aliphatic carboxylic acids is 1. The van der Waals surface area contributed by atoms with Crippen LogP contribution in [-0.4, -0.2) is 23.5 Å². The van der Waals surface area contributed by atoms with E-state index in [0.717, 1.165) is 9.79 Å². The Bertz CT molecular complexity index is 942. The Kier molecular flexibility index (Phi) is 6.82. The van der Waals surface area contributed by atoms with Crippen LogP contribution in [0, 0.1) is 0 Å². The lowest BCUT2D eigenvalue weighted by atomic mass is 9.95. The molecule has 0 saturated heterocycles. The third kappa shape index (κ3) is 4.73. The van der Waals surface area contributed by atoms with Crippen molar-refractivity contribution < 1.29 is 14.7 Å². The van der Waals surface area contributed by atoms with Crippen molar-refractivity contribution in [2.45, 2.75) is 54.2 Å². The van der Waals surface area contributed by atoms with Gasteiger partial charge in [-0.1, -0.05) is 73.1 Å². The third-order valence-electron chi connectivity index (χ3n) is 5.13. The molecule has 4 nitrogen and oxygen atoms in total. The van der Waals surface area contributed by atoms with Gasteiger partial charge in [0, 0.05) is 16.3 Å². The zero-order valence-corrected chi connectivity index (χ0v) is 18.6. The number of carboxylic acids is 1. The lowest BCUT2D eigenvalue weighted by Crippen LogP contribution is -2.36. The van der Waals surface area contributed by atoms with Crippen LogP contribution >= 0.6 is 35.0 Å². The van der Waals surface area contributed by atoms with E-state index >= 15 is 0 Å². The van der Waals surface area contributed by atoms with Crippen LogP contribution in [0.15, 0.2) is 46.2 Å². The lowest BCUT2D eigenvalue weighted by molar-refractivity contribution is -0.137. The quantitative estimate of drug-likeness (QED) is 0.524. The first kappa shape index (κ1) is 22.0. The van der Waals surface area contributed by atoms with E-state index in [-0.39, 0.29) is 18.9 Å². The number of rotatable bonds is 8. The molecule has 2 aromatic carbocycles. The number of carbonyl (C=O) groups is 2. The molecule has 1 amide bonds. The van der Waals surface area contributed by atoms with Gasteiger partial charge in [-0.3, -0.25) is 9.59 Å². The summed E-state index contributed by atoms with van der Waals surface area (Å²) >= 11 is 14.8. The molecule has 29 heavy (non-hydrogen) atoms. The predicted molar refractivity (Wildman–Crippen MR) is 117 cm³/mol. The van der Waals surface area contributed by atoms with Crippen molar-refractivity contribution in [2.24, 2.45) is 0 Å². The van der Waals surface area contributed by atoms with Gasteiger partial charge in [-0.05, 0) is 42.0 Å². The summed E-state index contributed by atoms with van der Waals surface area (Å²) in [6, 6.07) is 12.0. The van der Waals surface area contributed by atoms with Gasteiger partial charge >= 0.3 is 5.97 Å². The van der Waals surface area contributed by atoms with Crippen LogP contribution in [0.4, 0.5) is 0 Å². The van der Waals surface area contributed by atoms with Gasteiger partial charge in [0.1, 0.15) is 0 Å². The van der Waals surface area contributed by atoms with Gasteiger partial charge < -0.3 is 10.4 Å². The van der Waals surface area contributed by atoms with Crippen molar-refractivity contribution in [1.29, 1.82) is 0 Å². The summed E-state index contributed by atoms with van der Waals surface area (Å²) in [7, 11) is 0. The Labute approximate surface area is 185 Å². The number of hydrogen-bond acceptors (Lipinski definition) is 3. The molecule has 0 aromatic heterocycles. The van der Waals surface area contributed by atoms with E-state index in [0.29, 0.717) is 34.4 Å². The number of benzene rings is 2. The standard InChI is InChI=1S/C22H23Cl2NO3S/c1-13(2)14-5-3-4-6-16(14)29-17-8-7-15(19(23)20(17)24)22(10-11-22)21(28)25-12-9-18(26)27/h3-8,13H,9-12H2,1-2H3,(H,25,28)(H,26,27). The van der Waals surface area contributed by atoms with Crippen molar-refractivity contribution >= 4 is 46.8 Å². The van der Waals surface area contributed by atoms with Gasteiger partial charge in [-0.2, -0.15) is 0 Å². The fourth-order valence-corrected chi connectivity index (χ4v) is 5.16. The average Bonchev–Trinajstić information content (AvgIpc) is 3.47. The van der Waals surface area contributed by atoms with E-state index in [1.165, 1.54) is 5.56 Å². The molecule has 0 aliphatic heterocycles. The highest BCUT2D eigenvalue weighted by atomic mass is 35.5. The van der Waals surface area contributed by atoms with E-state index in [1.54, 1.807) is 11.8 Å². The maximum atomic E-state index is 12.7. The number of amides is 1. The second-order valence-corrected chi connectivity index (χ2v) is 9.36. The molecular weight excluding hydrogens is 429 g/mol. The second kappa shape index (κ2) is 8.99. The third-order valence-corrected chi connectivity index (χ3v) is 7.28. The van der Waals surface area contributed by atoms with Crippen molar-refractivity contribution in [3.05, 3.63) is 57.6 Å². The lowest BCUT2D eigenvalue weighted by Gasteiger charge is -2.19. The summed E-state index contributed by atoms with van der Waals surface area (Å²) in [5.74, 6) is -0.752. The SMILES string of the molecule is CC(C)c1ccccc1Sc1ccc(C2(C(=O)NCCC(=O)O)CC2)c(Cl)c1Cl. The van der Waals surface area contributed by atoms with Crippen LogP contribution in [0.25, 0.3) is 0 Å². The van der Waals surface area contributed by atoms with E-state index < -0.39 is 11.4 Å². The van der Waals surface area contributed by atoms with Gasteiger partial charge in [0.2, 0.25) is 5.91 Å². The minimum Gasteiger partial charge on any atom is -0.481 e. The zero-order valence-electron chi connectivity index (χ0n) is 16.3. The first-order chi connectivity index (χ1) is 13.8. The van der Waals surface area contributed by atoms with Crippen LogP contribution in [0.2, 0.25) is 10.0 Å². The predicted octanol–water partition coefficient (Wildman–Crippen LogP) is 5.89. The Morgan fingerprint density at radius 2 is 1.79 bits per heavy atom. The summed E-state index contributed by atoms with van der Waals surface area (Å²) in [6.45, 7) is 4.40. The summed E-state index contributed by atoms with van der Waals surface area (Å²) < 4.78 is 0. The largest absolute Gasteiger partial charge is 0.481 e. The zero-order chi connectivity index (χ0) is 21.2. The molecule has 1 saturated carbocycles. The highest BCUT2D eigenvalue weighted by Crippen LogP contribution is 2.53. The van der Waals surface area contributed by atoms with Crippen molar-refractivity contribution in [1.82, 2.24) is 5.32 Å². The van der Waals surface area contributed by atoms with Crippen LogP contribution in [0.5, 0.6) is 0 Å². The Morgan fingerprint density at radius 1 is 1.10 bits per heavy atom. The van der Waals surface area contributed by atoms with Gasteiger partial charge in [0.15, 0.2) is 0 Å². The molecule has 0 bridgehead atoms. The number of carbonyl (C=O) groups excluding carboxylic acids is 1. The van der Waals surface area contributed by atoms with Gasteiger partial charge in [0.05, 0.1) is 21.9 Å². The molecular formula is C22H23Cl2NO3S. The van der Waals surface area contributed by atoms with Gasteiger partial charge in [-0.15, -0.1) is 0 Å². The Balaban J connectivity index is 1.83. The smallest absolute Gasteiger partial charge is 0.305 e. The molecule has 154 valence electrons. The maximum Gasteiger partial charge on any atom is 0.305 e. The number of nitrogens with one attached hydrogen (secondary N) is 1. The summed E-state index contributed by atoms with van der Waals surface area (Å²) in [4.78, 5) is 25.3. The fourth-order valence-electron chi connectivity index (χ4n) is 3.34. The molecule has 0 radical (unpaired) electrons.